The lowest BCUT2D eigenvalue weighted by Crippen LogP contribution is -2.47. The van der Waals surface area contributed by atoms with E-state index in [1.807, 2.05) is 0 Å². The number of carbonyl (C=O) groups is 1. The van der Waals surface area contributed by atoms with Crippen LogP contribution in [0.1, 0.15) is 25.7 Å². The van der Waals surface area contributed by atoms with Gasteiger partial charge in [-0.25, -0.2) is 5.14 Å². The van der Waals surface area contributed by atoms with Gasteiger partial charge >= 0.3 is 5.97 Å². The zero-order valence-electron chi connectivity index (χ0n) is 7.72. The Morgan fingerprint density at radius 1 is 1.50 bits per heavy atom. The second-order valence-corrected chi connectivity index (χ2v) is 4.90. The molecule has 0 radical (unpaired) electrons. The summed E-state index contributed by atoms with van der Waals surface area (Å²) in [5, 5.41) is 13.6. The predicted molar refractivity (Wildman–Crippen MR) is 49.7 cm³/mol. The summed E-state index contributed by atoms with van der Waals surface area (Å²) in [4.78, 5) is 10.5. The van der Waals surface area contributed by atoms with Crippen LogP contribution in [0.5, 0.6) is 0 Å². The van der Waals surface area contributed by atoms with Gasteiger partial charge in [-0.3, -0.25) is 4.79 Å². The molecule has 1 rings (SSSR count). The molecule has 82 valence electrons. The number of piperidine rings is 1. The monoisotopic (exact) mass is 222 g/mol. The Morgan fingerprint density at radius 2 is 2.14 bits per heavy atom. The summed E-state index contributed by atoms with van der Waals surface area (Å²) in [5.41, 5.74) is 0. The minimum Gasteiger partial charge on any atom is -0.481 e. The lowest BCUT2D eigenvalue weighted by Gasteiger charge is -2.32. The molecule has 1 unspecified atom stereocenters. The van der Waals surface area contributed by atoms with Crippen molar-refractivity contribution in [2.75, 3.05) is 6.54 Å². The fraction of sp³-hybridized carbons (Fsp3) is 0.857. The first-order chi connectivity index (χ1) is 6.41. The first-order valence-electron chi connectivity index (χ1n) is 4.42. The molecule has 0 saturated carbocycles. The van der Waals surface area contributed by atoms with E-state index in [0.717, 1.165) is 17.1 Å². The number of nitrogens with two attached hydrogens (primary N) is 1. The van der Waals surface area contributed by atoms with Gasteiger partial charge in [0.25, 0.3) is 10.2 Å². The van der Waals surface area contributed by atoms with Crippen molar-refractivity contribution in [2.45, 2.75) is 31.7 Å². The Bertz CT molecular complexity index is 314. The number of nitrogens with zero attached hydrogens (tertiary/aromatic N) is 1. The highest BCUT2D eigenvalue weighted by molar-refractivity contribution is 7.86. The first-order valence-corrected chi connectivity index (χ1v) is 5.93. The number of rotatable bonds is 3. The third-order valence-electron chi connectivity index (χ3n) is 2.31. The molecule has 7 heteroatoms. The van der Waals surface area contributed by atoms with Gasteiger partial charge < -0.3 is 5.11 Å². The van der Waals surface area contributed by atoms with E-state index in [1.54, 1.807) is 0 Å². The normalized spacial score (nSPS) is 24.8. The second-order valence-electron chi connectivity index (χ2n) is 3.40. The zero-order chi connectivity index (χ0) is 10.8. The molecule has 1 aliphatic rings. The van der Waals surface area contributed by atoms with Crippen LogP contribution in [0.15, 0.2) is 0 Å². The molecule has 1 aliphatic heterocycles. The third kappa shape index (κ3) is 2.93. The molecule has 0 aromatic heterocycles. The van der Waals surface area contributed by atoms with Gasteiger partial charge in [-0.1, -0.05) is 6.42 Å². The quantitative estimate of drug-likeness (QED) is 0.673. The summed E-state index contributed by atoms with van der Waals surface area (Å²) in [6.45, 7) is 0.330. The molecule has 0 aromatic rings. The molecule has 0 aliphatic carbocycles. The van der Waals surface area contributed by atoms with Gasteiger partial charge in [-0.2, -0.15) is 12.7 Å². The van der Waals surface area contributed by atoms with Crippen molar-refractivity contribution < 1.29 is 18.3 Å². The number of carboxylic acids is 1. The van der Waals surface area contributed by atoms with Crippen LogP contribution in [0.25, 0.3) is 0 Å². The van der Waals surface area contributed by atoms with E-state index in [0.29, 0.717) is 13.0 Å². The minimum absolute atomic E-state index is 0.170. The van der Waals surface area contributed by atoms with Gasteiger partial charge in [0.1, 0.15) is 0 Å². The molecular weight excluding hydrogens is 208 g/mol. The van der Waals surface area contributed by atoms with Gasteiger partial charge in [0.2, 0.25) is 0 Å². The maximum atomic E-state index is 11.1. The average Bonchev–Trinajstić information content (AvgIpc) is 2.01. The van der Waals surface area contributed by atoms with E-state index in [-0.39, 0.29) is 6.42 Å². The van der Waals surface area contributed by atoms with Gasteiger partial charge in [-0.15, -0.1) is 0 Å². The van der Waals surface area contributed by atoms with Gasteiger partial charge in [0.15, 0.2) is 0 Å². The summed E-state index contributed by atoms with van der Waals surface area (Å²) in [6, 6.07) is -0.476. The van der Waals surface area contributed by atoms with Crippen LogP contribution in [0, 0.1) is 0 Å². The van der Waals surface area contributed by atoms with Crippen molar-refractivity contribution in [1.82, 2.24) is 4.31 Å². The highest BCUT2D eigenvalue weighted by Gasteiger charge is 2.31. The van der Waals surface area contributed by atoms with Crippen LogP contribution in [0.2, 0.25) is 0 Å². The summed E-state index contributed by atoms with van der Waals surface area (Å²) < 4.78 is 23.3. The Labute approximate surface area is 82.9 Å². The molecule has 0 bridgehead atoms. The lowest BCUT2D eigenvalue weighted by molar-refractivity contribution is -0.138. The zero-order valence-corrected chi connectivity index (χ0v) is 8.53. The summed E-state index contributed by atoms with van der Waals surface area (Å²) in [5.74, 6) is -0.995. The number of hydrogen-bond acceptors (Lipinski definition) is 3. The molecule has 3 N–H and O–H groups in total. The molecule has 1 atom stereocenters. The van der Waals surface area contributed by atoms with Crippen molar-refractivity contribution in [2.24, 2.45) is 5.14 Å². The Morgan fingerprint density at radius 3 is 2.64 bits per heavy atom. The molecular formula is C7H14N2O4S. The molecule has 14 heavy (non-hydrogen) atoms. The summed E-state index contributed by atoms with van der Waals surface area (Å²) >= 11 is 0. The minimum atomic E-state index is -3.75. The number of carboxylic acid groups (broad SMARTS) is 1. The first kappa shape index (κ1) is 11.4. The SMILES string of the molecule is NS(=O)(=O)N1CCCCC1CC(=O)O. The smallest absolute Gasteiger partial charge is 0.304 e. The van der Waals surface area contributed by atoms with E-state index in [2.05, 4.69) is 0 Å². The highest BCUT2D eigenvalue weighted by Crippen LogP contribution is 2.21. The second kappa shape index (κ2) is 4.24. The predicted octanol–water partition coefficient (Wildman–Crippen LogP) is -0.481. The molecule has 0 spiro atoms. The summed E-state index contributed by atoms with van der Waals surface area (Å²) in [6.07, 6.45) is 2.00. The molecule has 1 heterocycles. The Hall–Kier alpha value is -0.660. The van der Waals surface area contributed by atoms with Gasteiger partial charge in [0.05, 0.1) is 6.42 Å². The molecule has 6 nitrogen and oxygen atoms in total. The van der Waals surface area contributed by atoms with E-state index in [4.69, 9.17) is 10.2 Å². The Kier molecular flexibility index (Phi) is 3.46. The van der Waals surface area contributed by atoms with Crippen LogP contribution < -0.4 is 5.14 Å². The maximum Gasteiger partial charge on any atom is 0.304 e. The Balaban J connectivity index is 2.74. The fourth-order valence-corrected chi connectivity index (χ4v) is 2.69. The van der Waals surface area contributed by atoms with Crippen LogP contribution in [-0.2, 0) is 15.0 Å². The largest absolute Gasteiger partial charge is 0.481 e. The van der Waals surface area contributed by atoms with Crippen LogP contribution in [0.3, 0.4) is 0 Å². The average molecular weight is 222 g/mol. The fourth-order valence-electron chi connectivity index (χ4n) is 1.71. The number of aliphatic carboxylic acids is 1. The molecule has 1 saturated heterocycles. The van der Waals surface area contributed by atoms with Crippen molar-refractivity contribution in [3.05, 3.63) is 0 Å². The molecule has 0 aromatic carbocycles. The van der Waals surface area contributed by atoms with Crippen molar-refractivity contribution in [3.63, 3.8) is 0 Å². The van der Waals surface area contributed by atoms with E-state index in [9.17, 15) is 13.2 Å². The van der Waals surface area contributed by atoms with Crippen molar-refractivity contribution in [1.29, 1.82) is 0 Å². The van der Waals surface area contributed by atoms with Crippen LogP contribution >= 0.6 is 0 Å². The van der Waals surface area contributed by atoms with E-state index >= 15 is 0 Å². The molecule has 0 amide bonds. The van der Waals surface area contributed by atoms with Crippen molar-refractivity contribution >= 4 is 16.2 Å². The van der Waals surface area contributed by atoms with Gasteiger partial charge in [0, 0.05) is 12.6 Å². The maximum absolute atomic E-state index is 11.1. The van der Waals surface area contributed by atoms with E-state index in [1.165, 1.54) is 0 Å². The van der Waals surface area contributed by atoms with Crippen LogP contribution in [-0.4, -0.2) is 36.4 Å². The van der Waals surface area contributed by atoms with Gasteiger partial charge in [-0.05, 0) is 12.8 Å². The standard InChI is InChI=1S/C7H14N2O4S/c8-14(12,13)9-4-2-1-3-6(9)5-7(10)11/h6H,1-5H2,(H,10,11)(H2,8,12,13). The lowest BCUT2D eigenvalue weighted by atomic mass is 10.0. The van der Waals surface area contributed by atoms with E-state index < -0.39 is 22.2 Å². The highest BCUT2D eigenvalue weighted by atomic mass is 32.2. The third-order valence-corrected chi connectivity index (χ3v) is 3.44. The summed E-state index contributed by atoms with van der Waals surface area (Å²) in [7, 11) is -3.75. The topological polar surface area (TPSA) is 101 Å². The van der Waals surface area contributed by atoms with Crippen LogP contribution in [0.4, 0.5) is 0 Å². The molecule has 1 fully saturated rings. The number of hydrogen-bond donors (Lipinski definition) is 2. The van der Waals surface area contributed by atoms with Crippen molar-refractivity contribution in [3.8, 4) is 0 Å².